The first-order chi connectivity index (χ1) is 17.1. The Labute approximate surface area is 214 Å². The van der Waals surface area contributed by atoms with Crippen molar-refractivity contribution in [1.82, 2.24) is 0 Å². The molecule has 3 aromatic carbocycles. The Morgan fingerprint density at radius 1 is 1.08 bits per heavy atom. The number of aliphatic imine (C=N–C) groups is 1. The first kappa shape index (κ1) is 25.1. The minimum Gasteiger partial charge on any atom is -0.493 e. The van der Waals surface area contributed by atoms with E-state index in [9.17, 15) is 23.3 Å². The van der Waals surface area contributed by atoms with E-state index in [0.717, 1.165) is 10.5 Å². The van der Waals surface area contributed by atoms with Crippen LogP contribution in [-0.4, -0.2) is 32.3 Å². The molecule has 4 rings (SSSR count). The molecule has 1 aliphatic heterocycles. The minimum atomic E-state index is -4.42. The first-order valence-corrected chi connectivity index (χ1v) is 12.4. The van der Waals surface area contributed by atoms with Gasteiger partial charge in [-0.25, -0.2) is 9.79 Å². The van der Waals surface area contributed by atoms with Crippen molar-refractivity contribution in [3.05, 3.63) is 97.6 Å². The number of rotatable bonds is 7. The van der Waals surface area contributed by atoms with Gasteiger partial charge in [-0.05, 0) is 54.5 Å². The molecule has 3 aromatic rings. The highest BCUT2D eigenvalue weighted by molar-refractivity contribution is 9.10. The fourth-order valence-corrected chi connectivity index (χ4v) is 4.88. The molecule has 0 saturated heterocycles. The number of nitrogens with zero attached hydrogens (tertiary/aromatic N) is 2. The quantitative estimate of drug-likeness (QED) is 0.130. The lowest BCUT2D eigenvalue weighted by Gasteiger charge is -2.12. The van der Waals surface area contributed by atoms with E-state index in [0.29, 0.717) is 11.1 Å². The highest BCUT2D eigenvalue weighted by Crippen LogP contribution is 2.33. The van der Waals surface area contributed by atoms with E-state index < -0.39 is 21.0 Å². The Balaban J connectivity index is 1.63. The summed E-state index contributed by atoms with van der Waals surface area (Å²) in [6.07, 6.45) is 1.46. The number of ether oxygens (including phenoxy) is 2. The van der Waals surface area contributed by atoms with Gasteiger partial charge in [-0.15, -0.1) is 0 Å². The summed E-state index contributed by atoms with van der Waals surface area (Å²) in [6, 6.07) is 14.9. The summed E-state index contributed by atoms with van der Waals surface area (Å²) in [7, 11) is -3.10. The lowest BCUT2D eigenvalue weighted by molar-refractivity contribution is -0.385. The number of nitro groups is 1. The number of non-ortho nitro benzene ring substituents is 1. The number of carbonyl (C=O) groups is 1. The van der Waals surface area contributed by atoms with Crippen molar-refractivity contribution < 1.29 is 31.8 Å². The fraction of sp³-hybridized carbons (Fsp3) is 0.0833. The summed E-state index contributed by atoms with van der Waals surface area (Å²) in [4.78, 5) is 26.6. The highest BCUT2D eigenvalue weighted by atomic mass is 79.9. The molecule has 0 atom stereocenters. The van der Waals surface area contributed by atoms with Crippen LogP contribution in [0.2, 0.25) is 0 Å². The van der Waals surface area contributed by atoms with Crippen molar-refractivity contribution in [2.75, 3.05) is 7.11 Å². The van der Waals surface area contributed by atoms with Gasteiger partial charge in [0.1, 0.15) is 4.90 Å². The molecule has 0 radical (unpaired) electrons. The zero-order chi connectivity index (χ0) is 26.0. The molecule has 0 N–H and O–H groups in total. The van der Waals surface area contributed by atoms with E-state index in [1.807, 2.05) is 6.07 Å². The second-order valence-electron chi connectivity index (χ2n) is 7.50. The van der Waals surface area contributed by atoms with E-state index in [1.165, 1.54) is 50.4 Å². The third kappa shape index (κ3) is 5.29. The molecule has 0 saturated carbocycles. The molecule has 0 fully saturated rings. The number of nitro benzene ring substituents is 1. The number of aryl methyl sites for hydroxylation is 1. The molecular formula is C24H17BrN2O8S. The third-order valence-electron chi connectivity index (χ3n) is 5.03. The molecule has 1 aliphatic rings. The standard InChI is InChI=1S/C24H17BrN2O8S/c1-14-6-8-18(27(29)30)13-22(14)36(31,32)35-20-9-7-15(11-21(20)33-2)10-19-24(28)34-23(26-19)16-4-3-5-17(25)12-16/h3-13H,1-2H3/b19-10+. The van der Waals surface area contributed by atoms with Crippen molar-refractivity contribution in [2.45, 2.75) is 11.8 Å². The molecule has 36 heavy (non-hydrogen) atoms. The summed E-state index contributed by atoms with van der Waals surface area (Å²) in [5.41, 5.74) is 1.02. The molecule has 12 heteroatoms. The van der Waals surface area contributed by atoms with E-state index in [-0.39, 0.29) is 39.2 Å². The maximum atomic E-state index is 12.9. The average molecular weight is 573 g/mol. The SMILES string of the molecule is COc1cc(/C=C2/N=C(c3cccc(Br)c3)OC2=O)ccc1OS(=O)(=O)c1cc([N+](=O)[O-])ccc1C. The van der Waals surface area contributed by atoms with Gasteiger partial charge in [-0.3, -0.25) is 10.1 Å². The maximum Gasteiger partial charge on any atom is 0.363 e. The molecule has 0 amide bonds. The van der Waals surface area contributed by atoms with Crippen LogP contribution >= 0.6 is 15.9 Å². The van der Waals surface area contributed by atoms with Crippen LogP contribution in [-0.2, 0) is 19.6 Å². The van der Waals surface area contributed by atoms with Gasteiger partial charge in [0.15, 0.2) is 17.2 Å². The number of cyclic esters (lactones) is 1. The maximum absolute atomic E-state index is 12.9. The normalized spacial score (nSPS) is 14.4. The topological polar surface area (TPSA) is 134 Å². The van der Waals surface area contributed by atoms with Crippen LogP contribution in [0.1, 0.15) is 16.7 Å². The van der Waals surface area contributed by atoms with Crippen LogP contribution in [0, 0.1) is 17.0 Å². The summed E-state index contributed by atoms with van der Waals surface area (Å²) in [5.74, 6) is -0.581. The average Bonchev–Trinajstić information content (AvgIpc) is 3.20. The number of esters is 1. The van der Waals surface area contributed by atoms with Gasteiger partial charge < -0.3 is 13.7 Å². The number of hydrogen-bond donors (Lipinski definition) is 0. The van der Waals surface area contributed by atoms with Gasteiger partial charge in [-0.1, -0.05) is 34.1 Å². The van der Waals surface area contributed by atoms with Gasteiger partial charge in [0.05, 0.1) is 12.0 Å². The van der Waals surface area contributed by atoms with Gasteiger partial charge in [0.2, 0.25) is 5.90 Å². The number of carbonyl (C=O) groups excluding carboxylic acids is 1. The predicted molar refractivity (Wildman–Crippen MR) is 133 cm³/mol. The Hall–Kier alpha value is -4.03. The summed E-state index contributed by atoms with van der Waals surface area (Å²) < 4.78 is 42.3. The Morgan fingerprint density at radius 3 is 2.56 bits per heavy atom. The van der Waals surface area contributed by atoms with Gasteiger partial charge >= 0.3 is 16.1 Å². The largest absolute Gasteiger partial charge is 0.493 e. The van der Waals surface area contributed by atoms with Crippen LogP contribution in [0.3, 0.4) is 0 Å². The van der Waals surface area contributed by atoms with E-state index in [2.05, 4.69) is 20.9 Å². The smallest absolute Gasteiger partial charge is 0.363 e. The zero-order valence-electron chi connectivity index (χ0n) is 18.8. The van der Waals surface area contributed by atoms with Crippen LogP contribution < -0.4 is 8.92 Å². The Morgan fingerprint density at radius 2 is 1.86 bits per heavy atom. The molecule has 0 aliphatic carbocycles. The predicted octanol–water partition coefficient (Wildman–Crippen LogP) is 4.79. The fourth-order valence-electron chi connectivity index (χ4n) is 3.29. The van der Waals surface area contributed by atoms with Crippen molar-refractivity contribution in [3.8, 4) is 11.5 Å². The van der Waals surface area contributed by atoms with E-state index >= 15 is 0 Å². The van der Waals surface area contributed by atoms with Gasteiger partial charge in [-0.2, -0.15) is 8.42 Å². The third-order valence-corrected chi connectivity index (χ3v) is 6.91. The summed E-state index contributed by atoms with van der Waals surface area (Å²) in [5, 5.41) is 11.1. The lowest BCUT2D eigenvalue weighted by Crippen LogP contribution is -2.12. The van der Waals surface area contributed by atoms with Crippen molar-refractivity contribution in [1.29, 1.82) is 0 Å². The number of methoxy groups -OCH3 is 1. The summed E-state index contributed by atoms with van der Waals surface area (Å²) >= 11 is 3.36. The summed E-state index contributed by atoms with van der Waals surface area (Å²) in [6.45, 7) is 1.50. The van der Waals surface area contributed by atoms with E-state index in [1.54, 1.807) is 18.2 Å². The molecule has 0 unspecified atom stereocenters. The van der Waals surface area contributed by atoms with E-state index in [4.69, 9.17) is 13.7 Å². The van der Waals surface area contributed by atoms with Crippen LogP contribution in [0.4, 0.5) is 5.69 Å². The molecule has 184 valence electrons. The van der Waals surface area contributed by atoms with Crippen molar-refractivity contribution in [3.63, 3.8) is 0 Å². The molecular weight excluding hydrogens is 556 g/mol. The highest BCUT2D eigenvalue weighted by Gasteiger charge is 2.26. The number of halogens is 1. The Bertz CT molecular complexity index is 1560. The Kier molecular flexibility index (Phi) is 6.91. The van der Waals surface area contributed by atoms with Crippen LogP contribution in [0.5, 0.6) is 11.5 Å². The number of benzene rings is 3. The molecule has 0 bridgehead atoms. The molecule has 0 spiro atoms. The van der Waals surface area contributed by atoms with Gasteiger partial charge in [0.25, 0.3) is 5.69 Å². The monoisotopic (exact) mass is 572 g/mol. The van der Waals surface area contributed by atoms with Crippen LogP contribution in [0.25, 0.3) is 6.08 Å². The molecule has 10 nitrogen and oxygen atoms in total. The first-order valence-electron chi connectivity index (χ1n) is 10.2. The van der Waals surface area contributed by atoms with Crippen molar-refractivity contribution in [2.24, 2.45) is 4.99 Å². The zero-order valence-corrected chi connectivity index (χ0v) is 21.2. The van der Waals surface area contributed by atoms with Crippen LogP contribution in [0.15, 0.2) is 80.7 Å². The molecule has 1 heterocycles. The van der Waals surface area contributed by atoms with Gasteiger partial charge in [0, 0.05) is 22.2 Å². The second-order valence-corrected chi connectivity index (χ2v) is 9.93. The lowest BCUT2D eigenvalue weighted by atomic mass is 10.1. The molecule has 0 aromatic heterocycles. The number of hydrogen-bond acceptors (Lipinski definition) is 9. The second kappa shape index (κ2) is 9.91. The minimum absolute atomic E-state index is 0.0422. The van der Waals surface area contributed by atoms with Crippen molar-refractivity contribution >= 4 is 49.7 Å².